The highest BCUT2D eigenvalue weighted by Crippen LogP contribution is 2.15. The molecule has 0 spiro atoms. The van der Waals surface area contributed by atoms with Crippen LogP contribution >= 0.6 is 0 Å². The summed E-state index contributed by atoms with van der Waals surface area (Å²) in [6.07, 6.45) is -1.51. The zero-order chi connectivity index (χ0) is 14.4. The second kappa shape index (κ2) is 7.01. The van der Waals surface area contributed by atoms with Crippen LogP contribution in [0, 0.1) is 0 Å². The largest absolute Gasteiger partial charge is 0.354 e. The van der Waals surface area contributed by atoms with E-state index in [1.54, 1.807) is 19.0 Å². The van der Waals surface area contributed by atoms with E-state index in [1.165, 1.54) is 11.9 Å². The molecular formula is C11H20F2N6. The van der Waals surface area contributed by atoms with Crippen molar-refractivity contribution in [3.63, 3.8) is 0 Å². The van der Waals surface area contributed by atoms with E-state index in [4.69, 9.17) is 0 Å². The van der Waals surface area contributed by atoms with E-state index in [1.807, 2.05) is 6.92 Å². The minimum Gasteiger partial charge on any atom is -0.354 e. The smallest absolute Gasteiger partial charge is 0.255 e. The second-order valence-corrected chi connectivity index (χ2v) is 4.35. The van der Waals surface area contributed by atoms with Gasteiger partial charge in [0.1, 0.15) is 0 Å². The number of aromatic nitrogens is 3. The summed E-state index contributed by atoms with van der Waals surface area (Å²) < 4.78 is 24.8. The Bertz CT molecular complexity index is 399. The summed E-state index contributed by atoms with van der Waals surface area (Å²) in [5.41, 5.74) is 0. The molecule has 0 aliphatic heterocycles. The normalized spacial score (nSPS) is 10.7. The molecule has 1 N–H and O–H groups in total. The molecular weight excluding hydrogens is 254 g/mol. The minimum absolute atomic E-state index is 0.234. The first kappa shape index (κ1) is 15.3. The van der Waals surface area contributed by atoms with E-state index < -0.39 is 13.0 Å². The Hall–Kier alpha value is -1.73. The van der Waals surface area contributed by atoms with Crippen LogP contribution in [-0.4, -0.2) is 55.6 Å². The average Bonchev–Trinajstić information content (AvgIpc) is 2.35. The first-order valence-electron chi connectivity index (χ1n) is 6.10. The average molecular weight is 274 g/mol. The minimum atomic E-state index is -2.43. The summed E-state index contributed by atoms with van der Waals surface area (Å²) >= 11 is 0. The molecule has 0 bridgehead atoms. The lowest BCUT2D eigenvalue weighted by Gasteiger charge is -2.19. The van der Waals surface area contributed by atoms with Gasteiger partial charge in [-0.1, -0.05) is 6.92 Å². The van der Waals surface area contributed by atoms with Gasteiger partial charge in [-0.05, 0) is 6.42 Å². The zero-order valence-corrected chi connectivity index (χ0v) is 11.7. The molecule has 1 aromatic heterocycles. The van der Waals surface area contributed by atoms with E-state index in [0.29, 0.717) is 11.9 Å². The zero-order valence-electron chi connectivity index (χ0n) is 11.7. The Labute approximate surface area is 111 Å². The van der Waals surface area contributed by atoms with E-state index in [2.05, 4.69) is 20.3 Å². The van der Waals surface area contributed by atoms with Crippen molar-refractivity contribution >= 4 is 17.8 Å². The number of hydrogen-bond donors (Lipinski definition) is 1. The number of halogens is 2. The van der Waals surface area contributed by atoms with Crippen LogP contribution in [0.15, 0.2) is 0 Å². The molecule has 1 heterocycles. The van der Waals surface area contributed by atoms with Gasteiger partial charge in [-0.25, -0.2) is 8.78 Å². The monoisotopic (exact) mass is 274 g/mol. The summed E-state index contributed by atoms with van der Waals surface area (Å²) in [5.74, 6) is 1.07. The Kier molecular flexibility index (Phi) is 5.65. The number of nitrogens with zero attached hydrogens (tertiary/aromatic N) is 5. The van der Waals surface area contributed by atoms with Crippen molar-refractivity contribution in [1.29, 1.82) is 0 Å². The number of rotatable bonds is 7. The van der Waals surface area contributed by atoms with Gasteiger partial charge in [-0.2, -0.15) is 15.0 Å². The highest BCUT2D eigenvalue weighted by molar-refractivity contribution is 5.44. The number of hydrogen-bond acceptors (Lipinski definition) is 6. The van der Waals surface area contributed by atoms with Crippen LogP contribution in [0.25, 0.3) is 0 Å². The fourth-order valence-corrected chi connectivity index (χ4v) is 1.33. The molecule has 0 radical (unpaired) electrons. The number of nitrogens with one attached hydrogen (secondary N) is 1. The van der Waals surface area contributed by atoms with E-state index in [9.17, 15) is 8.78 Å². The summed E-state index contributed by atoms with van der Waals surface area (Å²) in [7, 11) is 5.11. The molecule has 0 fully saturated rings. The standard InChI is InChI=1S/C11H20F2N6/c1-5-6-14-9-15-10(18(2)3)17-11(16-9)19(4)7-8(12)13/h8H,5-7H2,1-4H3,(H,14,15,16,17). The van der Waals surface area contributed by atoms with Crippen molar-refractivity contribution in [3.05, 3.63) is 0 Å². The maximum atomic E-state index is 12.4. The van der Waals surface area contributed by atoms with Crippen molar-refractivity contribution in [2.75, 3.05) is 49.3 Å². The maximum absolute atomic E-state index is 12.4. The van der Waals surface area contributed by atoms with Crippen molar-refractivity contribution < 1.29 is 8.78 Å². The lowest BCUT2D eigenvalue weighted by atomic mass is 10.5. The predicted octanol–water partition coefficient (Wildman–Crippen LogP) is 1.46. The quantitative estimate of drug-likeness (QED) is 0.812. The van der Waals surface area contributed by atoms with E-state index in [0.717, 1.165) is 13.0 Å². The maximum Gasteiger partial charge on any atom is 0.255 e. The van der Waals surface area contributed by atoms with Gasteiger partial charge in [0.2, 0.25) is 17.8 Å². The fraction of sp³-hybridized carbons (Fsp3) is 0.727. The number of alkyl halides is 2. The fourth-order valence-electron chi connectivity index (χ4n) is 1.33. The highest BCUT2D eigenvalue weighted by Gasteiger charge is 2.14. The van der Waals surface area contributed by atoms with Crippen LogP contribution < -0.4 is 15.1 Å². The predicted molar refractivity (Wildman–Crippen MR) is 72.2 cm³/mol. The summed E-state index contributed by atoms with van der Waals surface area (Å²) in [6, 6.07) is 0. The van der Waals surface area contributed by atoms with Gasteiger partial charge in [-0.15, -0.1) is 0 Å². The molecule has 6 nitrogen and oxygen atoms in total. The van der Waals surface area contributed by atoms with Gasteiger partial charge in [0.05, 0.1) is 6.54 Å². The molecule has 0 aliphatic carbocycles. The van der Waals surface area contributed by atoms with Gasteiger partial charge in [-0.3, -0.25) is 0 Å². The van der Waals surface area contributed by atoms with Crippen molar-refractivity contribution in [2.45, 2.75) is 19.8 Å². The summed E-state index contributed by atoms with van der Waals surface area (Å²) in [6.45, 7) is 2.32. The lowest BCUT2D eigenvalue weighted by molar-refractivity contribution is 0.156. The molecule has 0 saturated heterocycles. The van der Waals surface area contributed by atoms with Crippen LogP contribution in [0.4, 0.5) is 26.6 Å². The topological polar surface area (TPSA) is 57.2 Å². The van der Waals surface area contributed by atoms with Gasteiger partial charge < -0.3 is 15.1 Å². The van der Waals surface area contributed by atoms with Crippen LogP contribution in [0.5, 0.6) is 0 Å². The molecule has 0 aromatic carbocycles. The Balaban J connectivity index is 2.98. The first-order chi connectivity index (χ1) is 8.93. The molecule has 19 heavy (non-hydrogen) atoms. The van der Waals surface area contributed by atoms with Crippen LogP contribution in [-0.2, 0) is 0 Å². The molecule has 1 rings (SSSR count). The summed E-state index contributed by atoms with van der Waals surface area (Å²) in [4.78, 5) is 15.5. The van der Waals surface area contributed by atoms with Gasteiger partial charge in [0.15, 0.2) is 0 Å². The summed E-state index contributed by atoms with van der Waals surface area (Å²) in [5, 5.41) is 3.04. The van der Waals surface area contributed by atoms with Crippen molar-refractivity contribution in [3.8, 4) is 0 Å². The third kappa shape index (κ3) is 4.80. The lowest BCUT2D eigenvalue weighted by Crippen LogP contribution is -2.27. The van der Waals surface area contributed by atoms with Crippen LogP contribution in [0.1, 0.15) is 13.3 Å². The third-order valence-corrected chi connectivity index (χ3v) is 2.30. The molecule has 0 atom stereocenters. The SMILES string of the molecule is CCCNc1nc(N(C)C)nc(N(C)CC(F)F)n1. The Morgan fingerprint density at radius 1 is 1.11 bits per heavy atom. The molecule has 0 saturated carbocycles. The molecule has 1 aromatic rings. The van der Waals surface area contributed by atoms with Crippen LogP contribution in [0.2, 0.25) is 0 Å². The van der Waals surface area contributed by atoms with Crippen molar-refractivity contribution in [2.24, 2.45) is 0 Å². The highest BCUT2D eigenvalue weighted by atomic mass is 19.3. The Morgan fingerprint density at radius 2 is 1.74 bits per heavy atom. The van der Waals surface area contributed by atoms with Crippen LogP contribution in [0.3, 0.4) is 0 Å². The molecule has 8 heteroatoms. The van der Waals surface area contributed by atoms with Gasteiger partial charge in [0.25, 0.3) is 6.43 Å². The number of anilines is 3. The Morgan fingerprint density at radius 3 is 2.26 bits per heavy atom. The molecule has 108 valence electrons. The van der Waals surface area contributed by atoms with Gasteiger partial charge >= 0.3 is 0 Å². The van der Waals surface area contributed by atoms with E-state index in [-0.39, 0.29) is 5.95 Å². The van der Waals surface area contributed by atoms with E-state index >= 15 is 0 Å². The first-order valence-corrected chi connectivity index (χ1v) is 6.10. The molecule has 0 aliphatic rings. The van der Waals surface area contributed by atoms with Crippen molar-refractivity contribution in [1.82, 2.24) is 15.0 Å². The third-order valence-electron chi connectivity index (χ3n) is 2.30. The van der Waals surface area contributed by atoms with Gasteiger partial charge in [0, 0.05) is 27.7 Å². The second-order valence-electron chi connectivity index (χ2n) is 4.35. The molecule has 0 amide bonds. The molecule has 0 unspecified atom stereocenters.